The van der Waals surface area contributed by atoms with Crippen molar-refractivity contribution in [1.29, 1.82) is 0 Å². The van der Waals surface area contributed by atoms with Crippen LogP contribution in [-0.4, -0.2) is 48.0 Å². The van der Waals surface area contributed by atoms with Gasteiger partial charge in [0, 0.05) is 23.8 Å². The van der Waals surface area contributed by atoms with Gasteiger partial charge in [-0.1, -0.05) is 31.2 Å². The Morgan fingerprint density at radius 3 is 2.75 bits per heavy atom. The van der Waals surface area contributed by atoms with Gasteiger partial charge in [0.25, 0.3) is 0 Å². The summed E-state index contributed by atoms with van der Waals surface area (Å²) >= 11 is 1.77. The standard InChI is InChI=1S/C25H36N2O4S/c1-2-15-32-23-11-8-7-10-20(23)27-24(28)17-26-16-19-18(21-13-14-22(19)31-21)9-5-3-4-6-12-25(29)30/h3,5,7-8,10-11,18-19,21-22,26H,2,4,6,9,12-17H2,1H3,(H,27,28)(H,29,30)/b5-3-/t18-,19+,21-,22+/m1/s1. The molecule has 2 saturated heterocycles. The first-order chi connectivity index (χ1) is 15.6. The second-order valence-electron chi connectivity index (χ2n) is 8.63. The lowest BCUT2D eigenvalue weighted by molar-refractivity contribution is -0.137. The zero-order valence-corrected chi connectivity index (χ0v) is 19.7. The fourth-order valence-electron chi connectivity index (χ4n) is 4.68. The molecule has 7 heteroatoms. The van der Waals surface area contributed by atoms with Gasteiger partial charge in [0.15, 0.2) is 0 Å². The number of aliphatic carboxylic acids is 1. The van der Waals surface area contributed by atoms with E-state index in [-0.39, 0.29) is 18.4 Å². The summed E-state index contributed by atoms with van der Waals surface area (Å²) in [5.41, 5.74) is 0.881. The molecule has 0 unspecified atom stereocenters. The molecule has 0 saturated carbocycles. The summed E-state index contributed by atoms with van der Waals surface area (Å²) in [4.78, 5) is 24.2. The molecule has 3 rings (SSSR count). The molecule has 0 aromatic heterocycles. The van der Waals surface area contributed by atoms with Crippen LogP contribution < -0.4 is 10.6 Å². The van der Waals surface area contributed by atoms with E-state index in [9.17, 15) is 9.59 Å². The van der Waals surface area contributed by atoms with Crippen LogP contribution >= 0.6 is 11.8 Å². The lowest BCUT2D eigenvalue weighted by Crippen LogP contribution is -2.38. The van der Waals surface area contributed by atoms with E-state index in [1.165, 1.54) is 0 Å². The van der Waals surface area contributed by atoms with E-state index in [0.717, 1.165) is 55.0 Å². The van der Waals surface area contributed by atoms with Gasteiger partial charge in [-0.15, -0.1) is 11.8 Å². The number of para-hydroxylation sites is 1. The van der Waals surface area contributed by atoms with Crippen molar-refractivity contribution >= 4 is 29.3 Å². The van der Waals surface area contributed by atoms with Crippen molar-refractivity contribution in [2.75, 3.05) is 24.2 Å². The largest absolute Gasteiger partial charge is 0.481 e. The number of thioether (sulfide) groups is 1. The second kappa shape index (κ2) is 13.0. The second-order valence-corrected chi connectivity index (χ2v) is 9.77. The lowest BCUT2D eigenvalue weighted by Gasteiger charge is -2.27. The normalized spacial score (nSPS) is 24.3. The van der Waals surface area contributed by atoms with Crippen LogP contribution in [0, 0.1) is 11.8 Å². The minimum absolute atomic E-state index is 0.0199. The van der Waals surface area contributed by atoms with E-state index in [1.807, 2.05) is 18.2 Å². The quantitative estimate of drug-likeness (QED) is 0.212. The van der Waals surface area contributed by atoms with Gasteiger partial charge in [-0.3, -0.25) is 9.59 Å². The van der Waals surface area contributed by atoms with Crippen LogP contribution in [-0.2, 0) is 14.3 Å². The van der Waals surface area contributed by atoms with Crippen molar-refractivity contribution in [2.24, 2.45) is 11.8 Å². The van der Waals surface area contributed by atoms with Gasteiger partial charge in [0.1, 0.15) is 0 Å². The van der Waals surface area contributed by atoms with Crippen LogP contribution in [0.1, 0.15) is 51.9 Å². The molecular weight excluding hydrogens is 424 g/mol. The summed E-state index contributed by atoms with van der Waals surface area (Å²) in [6, 6.07) is 7.96. The predicted octanol–water partition coefficient (Wildman–Crippen LogP) is 4.71. The van der Waals surface area contributed by atoms with Crippen LogP contribution in [0.3, 0.4) is 0 Å². The molecule has 3 N–H and O–H groups in total. The first-order valence-electron chi connectivity index (χ1n) is 11.8. The van der Waals surface area contributed by atoms with Gasteiger partial charge < -0.3 is 20.5 Å². The Morgan fingerprint density at radius 2 is 1.97 bits per heavy atom. The number of allylic oxidation sites excluding steroid dienone is 2. The summed E-state index contributed by atoms with van der Waals surface area (Å²) in [6.45, 7) is 3.22. The Kier molecular flexibility index (Phi) is 10.1. The molecule has 1 aromatic rings. The molecular formula is C25H36N2O4S. The number of unbranched alkanes of at least 4 members (excludes halogenated alkanes) is 1. The zero-order valence-electron chi connectivity index (χ0n) is 18.9. The molecule has 1 amide bonds. The van der Waals surface area contributed by atoms with Crippen molar-refractivity contribution in [1.82, 2.24) is 5.32 Å². The number of carbonyl (C=O) groups excluding carboxylic acids is 1. The third-order valence-electron chi connectivity index (χ3n) is 6.22. The Morgan fingerprint density at radius 1 is 1.19 bits per heavy atom. The van der Waals surface area contributed by atoms with Crippen LogP contribution in [0.4, 0.5) is 5.69 Å². The minimum Gasteiger partial charge on any atom is -0.481 e. The average Bonchev–Trinajstić information content (AvgIpc) is 3.37. The maximum Gasteiger partial charge on any atom is 0.303 e. The highest BCUT2D eigenvalue weighted by Crippen LogP contribution is 2.44. The number of hydrogen-bond acceptors (Lipinski definition) is 5. The number of benzene rings is 1. The number of anilines is 1. The molecule has 0 aliphatic carbocycles. The molecule has 2 aliphatic rings. The zero-order chi connectivity index (χ0) is 22.8. The Bertz CT molecular complexity index is 785. The molecule has 6 nitrogen and oxygen atoms in total. The van der Waals surface area contributed by atoms with E-state index in [0.29, 0.717) is 30.9 Å². The molecule has 176 valence electrons. The molecule has 2 bridgehead atoms. The summed E-state index contributed by atoms with van der Waals surface area (Å²) in [6.07, 6.45) is 10.8. The molecule has 4 atom stereocenters. The molecule has 2 heterocycles. The third-order valence-corrected chi connectivity index (χ3v) is 7.49. The summed E-state index contributed by atoms with van der Waals surface area (Å²) < 4.78 is 6.16. The van der Waals surface area contributed by atoms with Crippen LogP contribution in [0.5, 0.6) is 0 Å². The van der Waals surface area contributed by atoms with Crippen LogP contribution in [0.15, 0.2) is 41.3 Å². The number of nitrogens with one attached hydrogen (secondary N) is 2. The third kappa shape index (κ3) is 7.36. The molecule has 2 aliphatic heterocycles. The predicted molar refractivity (Wildman–Crippen MR) is 129 cm³/mol. The lowest BCUT2D eigenvalue weighted by atomic mass is 9.77. The minimum atomic E-state index is -0.738. The van der Waals surface area contributed by atoms with Crippen molar-refractivity contribution in [3.63, 3.8) is 0 Å². The van der Waals surface area contributed by atoms with E-state index in [4.69, 9.17) is 9.84 Å². The Balaban J connectivity index is 1.42. The van der Waals surface area contributed by atoms with E-state index in [1.54, 1.807) is 11.8 Å². The monoisotopic (exact) mass is 460 g/mol. The van der Waals surface area contributed by atoms with E-state index < -0.39 is 5.97 Å². The first-order valence-corrected chi connectivity index (χ1v) is 12.8. The highest BCUT2D eigenvalue weighted by atomic mass is 32.2. The maximum atomic E-state index is 12.5. The fraction of sp³-hybridized carbons (Fsp3) is 0.600. The Labute approximate surface area is 195 Å². The molecule has 2 fully saturated rings. The van der Waals surface area contributed by atoms with E-state index >= 15 is 0 Å². The summed E-state index contributed by atoms with van der Waals surface area (Å²) in [5, 5.41) is 15.1. The average molecular weight is 461 g/mol. The van der Waals surface area contributed by atoms with Gasteiger partial charge in [-0.05, 0) is 62.3 Å². The topological polar surface area (TPSA) is 87.7 Å². The van der Waals surface area contributed by atoms with Gasteiger partial charge in [-0.2, -0.15) is 0 Å². The van der Waals surface area contributed by atoms with Gasteiger partial charge >= 0.3 is 5.97 Å². The smallest absolute Gasteiger partial charge is 0.303 e. The summed E-state index contributed by atoms with van der Waals surface area (Å²) in [7, 11) is 0. The van der Waals surface area contributed by atoms with Crippen molar-refractivity contribution < 1.29 is 19.4 Å². The number of carboxylic acid groups (broad SMARTS) is 1. The van der Waals surface area contributed by atoms with Gasteiger partial charge in [-0.25, -0.2) is 0 Å². The van der Waals surface area contributed by atoms with Gasteiger partial charge in [0.05, 0.1) is 24.4 Å². The number of hydrogen-bond donors (Lipinski definition) is 3. The number of fused-ring (bicyclic) bond motifs is 2. The SMILES string of the molecule is CCCSc1ccccc1NC(=O)CNC[C@H]1[C@@H](C/C=C\CCCC(=O)O)[C@H]2CC[C@@H]1O2. The number of amides is 1. The molecule has 0 radical (unpaired) electrons. The van der Waals surface area contributed by atoms with E-state index in [2.05, 4.69) is 35.8 Å². The Hall–Kier alpha value is -1.83. The first kappa shape index (κ1) is 24.8. The number of rotatable bonds is 14. The van der Waals surface area contributed by atoms with Crippen molar-refractivity contribution in [3.05, 3.63) is 36.4 Å². The highest BCUT2D eigenvalue weighted by Gasteiger charge is 2.47. The number of carboxylic acids is 1. The van der Waals surface area contributed by atoms with Crippen LogP contribution in [0.25, 0.3) is 0 Å². The highest BCUT2D eigenvalue weighted by molar-refractivity contribution is 7.99. The molecule has 0 spiro atoms. The number of carbonyl (C=O) groups is 2. The maximum absolute atomic E-state index is 12.5. The molecule has 1 aromatic carbocycles. The summed E-state index contributed by atoms with van der Waals surface area (Å²) in [5.74, 6) is 1.15. The molecule has 32 heavy (non-hydrogen) atoms. The van der Waals surface area contributed by atoms with Crippen molar-refractivity contribution in [3.8, 4) is 0 Å². The van der Waals surface area contributed by atoms with Gasteiger partial charge in [0.2, 0.25) is 5.91 Å². The fourth-order valence-corrected chi connectivity index (χ4v) is 5.55. The number of ether oxygens (including phenoxy) is 1. The van der Waals surface area contributed by atoms with Crippen LogP contribution in [0.2, 0.25) is 0 Å². The van der Waals surface area contributed by atoms with Crippen molar-refractivity contribution in [2.45, 2.75) is 69.0 Å².